The first-order valence-electron chi connectivity index (χ1n) is 6.50. The van der Waals surface area contributed by atoms with E-state index in [-0.39, 0.29) is 29.5 Å². The van der Waals surface area contributed by atoms with Gasteiger partial charge in [-0.05, 0) is 25.0 Å². The zero-order valence-electron chi connectivity index (χ0n) is 11.3. The van der Waals surface area contributed by atoms with Crippen LogP contribution in [0.25, 0.3) is 0 Å². The average molecular weight is 312 g/mol. The summed E-state index contributed by atoms with van der Waals surface area (Å²) in [6.07, 6.45) is 3.31. The Bertz CT molecular complexity index is 659. The number of nitrogens with two attached hydrogens (primary N) is 1. The zero-order valence-corrected chi connectivity index (χ0v) is 12.1. The van der Waals surface area contributed by atoms with Gasteiger partial charge in [-0.3, -0.25) is 15.0 Å². The number of rotatable bonds is 6. The van der Waals surface area contributed by atoms with Crippen molar-refractivity contribution in [3.63, 3.8) is 0 Å². The van der Waals surface area contributed by atoms with Crippen LogP contribution in [0.4, 0.5) is 0 Å². The third-order valence-corrected chi connectivity index (χ3v) is 4.93. The lowest BCUT2D eigenvalue weighted by molar-refractivity contribution is -0.121. The van der Waals surface area contributed by atoms with Gasteiger partial charge in [0.2, 0.25) is 5.91 Å². The van der Waals surface area contributed by atoms with Crippen LogP contribution in [-0.4, -0.2) is 36.1 Å². The SMILES string of the molecule is NNC(=O)CCCCCN1C(=O)c2cccnc2S1(=O)=O. The Morgan fingerprint density at radius 1 is 1.33 bits per heavy atom. The van der Waals surface area contributed by atoms with E-state index in [4.69, 9.17) is 5.84 Å². The molecule has 2 heterocycles. The number of hydrogen-bond acceptors (Lipinski definition) is 6. The molecule has 0 bridgehead atoms. The van der Waals surface area contributed by atoms with Crippen molar-refractivity contribution in [3.8, 4) is 0 Å². The molecule has 1 aliphatic heterocycles. The summed E-state index contributed by atoms with van der Waals surface area (Å²) in [5, 5.41) is -0.183. The Labute approximate surface area is 122 Å². The van der Waals surface area contributed by atoms with E-state index in [0.29, 0.717) is 19.3 Å². The fraction of sp³-hybridized carbons (Fsp3) is 0.417. The number of amides is 2. The van der Waals surface area contributed by atoms with Crippen LogP contribution < -0.4 is 11.3 Å². The van der Waals surface area contributed by atoms with Crippen molar-refractivity contribution in [2.24, 2.45) is 5.84 Å². The molecule has 3 N–H and O–H groups in total. The van der Waals surface area contributed by atoms with E-state index in [1.165, 1.54) is 18.3 Å². The number of fused-ring (bicyclic) bond motifs is 1. The summed E-state index contributed by atoms with van der Waals surface area (Å²) in [5.74, 6) is 4.14. The minimum atomic E-state index is -3.83. The van der Waals surface area contributed by atoms with E-state index >= 15 is 0 Å². The number of unbranched alkanes of at least 4 members (excludes halogenated alkanes) is 2. The van der Waals surface area contributed by atoms with Crippen molar-refractivity contribution in [1.29, 1.82) is 0 Å². The van der Waals surface area contributed by atoms with Crippen molar-refractivity contribution in [1.82, 2.24) is 14.7 Å². The number of hydrazine groups is 1. The monoisotopic (exact) mass is 312 g/mol. The van der Waals surface area contributed by atoms with E-state index in [9.17, 15) is 18.0 Å². The quantitative estimate of drug-likeness (QED) is 0.324. The molecule has 0 saturated heterocycles. The topological polar surface area (TPSA) is 122 Å². The van der Waals surface area contributed by atoms with Crippen LogP contribution in [0.3, 0.4) is 0 Å². The van der Waals surface area contributed by atoms with E-state index in [2.05, 4.69) is 4.98 Å². The third kappa shape index (κ3) is 3.03. The van der Waals surface area contributed by atoms with E-state index in [1.54, 1.807) is 0 Å². The van der Waals surface area contributed by atoms with Crippen molar-refractivity contribution in [2.75, 3.05) is 6.54 Å². The molecule has 0 saturated carbocycles. The summed E-state index contributed by atoms with van der Waals surface area (Å²) in [7, 11) is -3.83. The standard InChI is InChI=1S/C12H16N4O4S/c13-15-10(17)6-2-1-3-8-16-12(18)9-5-4-7-14-11(9)21(16,19)20/h4-5,7H,1-3,6,8,13H2,(H,15,17). The number of hydrogen-bond donors (Lipinski definition) is 2. The minimum absolute atomic E-state index is 0.0851. The number of carbonyl (C=O) groups is 2. The van der Waals surface area contributed by atoms with Gasteiger partial charge in [0.1, 0.15) is 0 Å². The Morgan fingerprint density at radius 3 is 2.76 bits per heavy atom. The van der Waals surface area contributed by atoms with Gasteiger partial charge >= 0.3 is 0 Å². The molecule has 9 heteroatoms. The second-order valence-electron chi connectivity index (χ2n) is 4.62. The lowest BCUT2D eigenvalue weighted by Crippen LogP contribution is -2.31. The second-order valence-corrected chi connectivity index (χ2v) is 6.39. The molecule has 2 rings (SSSR count). The fourth-order valence-electron chi connectivity index (χ4n) is 2.12. The first-order chi connectivity index (χ1) is 9.98. The van der Waals surface area contributed by atoms with Crippen molar-refractivity contribution in [3.05, 3.63) is 23.9 Å². The summed E-state index contributed by atoms with van der Waals surface area (Å²) in [6.45, 7) is 0.0851. The van der Waals surface area contributed by atoms with Gasteiger partial charge in [0.05, 0.1) is 5.56 Å². The summed E-state index contributed by atoms with van der Waals surface area (Å²) in [5.41, 5.74) is 2.13. The van der Waals surface area contributed by atoms with Gasteiger partial charge in [-0.25, -0.2) is 15.1 Å². The van der Waals surface area contributed by atoms with Gasteiger partial charge in [-0.1, -0.05) is 6.42 Å². The Hall–Kier alpha value is -2.00. The molecule has 2 amide bonds. The van der Waals surface area contributed by atoms with Crippen LogP contribution in [-0.2, 0) is 14.8 Å². The molecule has 0 radical (unpaired) electrons. The molecule has 0 fully saturated rings. The van der Waals surface area contributed by atoms with Crippen LogP contribution in [0.1, 0.15) is 36.0 Å². The lowest BCUT2D eigenvalue weighted by Gasteiger charge is -2.14. The maximum Gasteiger partial charge on any atom is 0.285 e. The smallest absolute Gasteiger partial charge is 0.285 e. The van der Waals surface area contributed by atoms with Gasteiger partial charge in [0.15, 0.2) is 5.03 Å². The van der Waals surface area contributed by atoms with Crippen LogP contribution >= 0.6 is 0 Å². The summed E-state index contributed by atoms with van der Waals surface area (Å²) < 4.78 is 25.2. The third-order valence-electron chi connectivity index (χ3n) is 3.19. The van der Waals surface area contributed by atoms with Crippen molar-refractivity contribution < 1.29 is 18.0 Å². The molecule has 0 unspecified atom stereocenters. The summed E-state index contributed by atoms with van der Waals surface area (Å²) in [6, 6.07) is 2.98. The molecule has 1 aromatic heterocycles. The molecule has 0 aliphatic carbocycles. The molecule has 1 aliphatic rings. The molecule has 1 aromatic rings. The summed E-state index contributed by atoms with van der Waals surface area (Å²) >= 11 is 0. The molecule has 114 valence electrons. The minimum Gasteiger partial charge on any atom is -0.294 e. The van der Waals surface area contributed by atoms with Gasteiger partial charge in [0.25, 0.3) is 15.9 Å². The maximum atomic E-state index is 12.2. The lowest BCUT2D eigenvalue weighted by atomic mass is 10.2. The van der Waals surface area contributed by atoms with Crippen LogP contribution in [0.5, 0.6) is 0 Å². The fourth-order valence-corrected chi connectivity index (χ4v) is 3.64. The van der Waals surface area contributed by atoms with Gasteiger partial charge in [-0.2, -0.15) is 8.42 Å². The van der Waals surface area contributed by atoms with Crippen molar-refractivity contribution in [2.45, 2.75) is 30.7 Å². The molecular weight excluding hydrogens is 296 g/mol. The Morgan fingerprint density at radius 2 is 2.10 bits per heavy atom. The van der Waals surface area contributed by atoms with Crippen LogP contribution in [0.2, 0.25) is 0 Å². The highest BCUT2D eigenvalue weighted by atomic mass is 32.2. The number of nitrogens with one attached hydrogen (secondary N) is 1. The Kier molecular flexibility index (Phi) is 4.53. The first kappa shape index (κ1) is 15.4. The predicted octanol–water partition coefficient (Wildman–Crippen LogP) is -0.224. The highest BCUT2D eigenvalue weighted by Gasteiger charge is 2.41. The largest absolute Gasteiger partial charge is 0.294 e. The van der Waals surface area contributed by atoms with Crippen LogP contribution in [0.15, 0.2) is 23.4 Å². The number of carbonyl (C=O) groups excluding carboxylic acids is 2. The predicted molar refractivity (Wildman–Crippen MR) is 73.3 cm³/mol. The molecule has 0 aromatic carbocycles. The molecule has 0 atom stereocenters. The normalized spacial score (nSPS) is 15.9. The van der Waals surface area contributed by atoms with E-state index in [0.717, 1.165) is 4.31 Å². The molecular formula is C12H16N4O4S. The van der Waals surface area contributed by atoms with Gasteiger partial charge in [-0.15, -0.1) is 0 Å². The van der Waals surface area contributed by atoms with Gasteiger partial charge < -0.3 is 0 Å². The zero-order chi connectivity index (χ0) is 15.5. The molecule has 21 heavy (non-hydrogen) atoms. The average Bonchev–Trinajstić information content (AvgIpc) is 2.67. The van der Waals surface area contributed by atoms with Gasteiger partial charge in [0, 0.05) is 19.2 Å². The highest BCUT2D eigenvalue weighted by molar-refractivity contribution is 7.90. The maximum absolute atomic E-state index is 12.2. The van der Waals surface area contributed by atoms with Crippen molar-refractivity contribution >= 4 is 21.8 Å². The molecule has 0 spiro atoms. The number of sulfonamides is 1. The van der Waals surface area contributed by atoms with E-state index < -0.39 is 15.9 Å². The highest BCUT2D eigenvalue weighted by Crippen LogP contribution is 2.28. The number of aromatic nitrogens is 1. The van der Waals surface area contributed by atoms with Crippen LogP contribution in [0, 0.1) is 0 Å². The summed E-state index contributed by atoms with van der Waals surface area (Å²) in [4.78, 5) is 26.8. The second kappa shape index (κ2) is 6.19. The van der Waals surface area contributed by atoms with E-state index in [1.807, 2.05) is 5.43 Å². The Balaban J connectivity index is 1.94. The molecule has 8 nitrogen and oxygen atoms in total. The number of pyridine rings is 1. The number of nitrogens with zero attached hydrogens (tertiary/aromatic N) is 2. The first-order valence-corrected chi connectivity index (χ1v) is 7.94.